The van der Waals surface area contributed by atoms with Crippen molar-refractivity contribution in [1.82, 2.24) is 4.90 Å². The van der Waals surface area contributed by atoms with Gasteiger partial charge < -0.3 is 38.7 Å². The normalized spacial score (nSPS) is 22.1. The number of ether oxygens (including phenoxy) is 5. The molecule has 3 aliphatic rings. The summed E-state index contributed by atoms with van der Waals surface area (Å²) in [6.45, 7) is 6.62. The molecule has 0 saturated heterocycles. The van der Waals surface area contributed by atoms with Crippen molar-refractivity contribution < 1.29 is 52.8 Å². The van der Waals surface area contributed by atoms with Crippen LogP contribution in [0.25, 0.3) is 0 Å². The van der Waals surface area contributed by atoms with Crippen LogP contribution in [-0.2, 0) is 32.2 Å². The average Bonchev–Trinajstić information content (AvgIpc) is 3.34. The maximum absolute atomic E-state index is 14.8. The molecule has 15 heteroatoms. The number of benzene rings is 4. The van der Waals surface area contributed by atoms with E-state index in [2.05, 4.69) is 12.7 Å². The summed E-state index contributed by atoms with van der Waals surface area (Å²) in [7, 11) is 0. The van der Waals surface area contributed by atoms with Crippen molar-refractivity contribution in [3.05, 3.63) is 154 Å². The smallest absolute Gasteiger partial charge is 0.410 e. The van der Waals surface area contributed by atoms with Crippen molar-refractivity contribution in [1.29, 1.82) is 0 Å². The highest BCUT2D eigenvalue weighted by Gasteiger charge is 2.65. The van der Waals surface area contributed by atoms with Gasteiger partial charge in [0.05, 0.1) is 42.4 Å². The Morgan fingerprint density at radius 3 is 2.45 bits per heavy atom. The van der Waals surface area contributed by atoms with Crippen LogP contribution in [0.3, 0.4) is 0 Å². The summed E-state index contributed by atoms with van der Waals surface area (Å²) in [6, 6.07) is 26.1. The predicted molar refractivity (Wildman–Crippen MR) is 249 cm³/mol. The number of halogens is 1. The SMILES string of the molecule is C=CCO[C@@]12Oc3ccc(Oc4cccc([N+](=O)[O-])c4)cc3[C@H]3[C@H](CCCCO)[C@@H](CCCCO)C=C(C(=NOCC)C[C@@H]1N(Cc1ccc(F)cc1)C(=O)OCCOCc1ccccc1)[C@H]32. The summed E-state index contributed by atoms with van der Waals surface area (Å²) in [5.74, 6) is -1.93. The van der Waals surface area contributed by atoms with E-state index in [1.807, 2.05) is 43.3 Å². The van der Waals surface area contributed by atoms with E-state index >= 15 is 0 Å². The number of unbranched alkanes of at least 4 members (excludes halogenated alkanes) is 2. The molecular formula is C52H60FN3O11. The number of non-ortho nitro benzene ring substituents is 1. The van der Waals surface area contributed by atoms with Crippen LogP contribution in [0.4, 0.5) is 14.9 Å². The summed E-state index contributed by atoms with van der Waals surface area (Å²) >= 11 is 0. The summed E-state index contributed by atoms with van der Waals surface area (Å²) in [6.07, 6.45) is 7.43. The molecule has 356 valence electrons. The number of nitro benzene ring substituents is 1. The summed E-state index contributed by atoms with van der Waals surface area (Å²) in [5.41, 5.74) is 3.73. The zero-order valence-corrected chi connectivity index (χ0v) is 37.9. The van der Waals surface area contributed by atoms with Crippen molar-refractivity contribution in [2.24, 2.45) is 22.9 Å². The molecule has 2 aliphatic carbocycles. The van der Waals surface area contributed by atoms with Gasteiger partial charge in [-0.3, -0.25) is 15.0 Å². The molecule has 2 N–H and O–H groups in total. The molecular weight excluding hydrogens is 862 g/mol. The zero-order chi connectivity index (χ0) is 47.2. The number of carbonyl (C=O) groups excluding carboxylic acids is 1. The number of carbonyl (C=O) groups is 1. The lowest BCUT2D eigenvalue weighted by molar-refractivity contribution is -0.384. The van der Waals surface area contributed by atoms with Crippen LogP contribution in [0, 0.1) is 33.7 Å². The summed E-state index contributed by atoms with van der Waals surface area (Å²) in [4.78, 5) is 33.5. The molecule has 4 aromatic rings. The maximum atomic E-state index is 14.8. The third-order valence-corrected chi connectivity index (χ3v) is 12.7. The lowest BCUT2D eigenvalue weighted by atomic mass is 9.55. The van der Waals surface area contributed by atoms with Gasteiger partial charge in [0, 0.05) is 43.7 Å². The molecule has 0 spiro atoms. The quantitative estimate of drug-likeness (QED) is 0.0297. The Hall–Kier alpha value is -6.13. The van der Waals surface area contributed by atoms with E-state index in [-0.39, 0.29) is 81.8 Å². The molecule has 1 saturated carbocycles. The van der Waals surface area contributed by atoms with Gasteiger partial charge in [-0.15, -0.1) is 6.58 Å². The first-order valence-electron chi connectivity index (χ1n) is 23.1. The standard InChI is InChI=1S/C52H60FN3O11/c1-3-27-64-52-48(55(34-36-19-21-39(53)22-20-36)51(59)63-29-28-62-35-37-13-6-5-7-14-37)33-46(54-65-4-2)44-30-38(15-8-10-25-57)43(18-9-11-26-58)49(50(44)52)45-32-42(23-24-47(45)67-52)66-41-17-12-16-40(31-41)56(60)61/h3,5-7,12-14,16-17,19-24,30-32,38,43,48-50,57-58H,1,4,8-11,15,18,25-29,33-35H2,2H3/t38-,43+,48-,49+,50+,52+/m0/s1. The van der Waals surface area contributed by atoms with Crippen molar-refractivity contribution in [2.45, 2.75) is 82.8 Å². The molecule has 1 aliphatic heterocycles. The third-order valence-electron chi connectivity index (χ3n) is 12.7. The van der Waals surface area contributed by atoms with Crippen LogP contribution in [0.1, 0.15) is 74.5 Å². The first-order chi connectivity index (χ1) is 32.7. The van der Waals surface area contributed by atoms with Crippen LogP contribution >= 0.6 is 0 Å². The number of fused-ring (bicyclic) bond motifs is 2. The molecule has 4 aromatic carbocycles. The van der Waals surface area contributed by atoms with Gasteiger partial charge in [0.25, 0.3) is 5.69 Å². The number of nitrogens with zero attached hydrogens (tertiary/aromatic N) is 3. The highest BCUT2D eigenvalue weighted by atomic mass is 19.1. The first-order valence-corrected chi connectivity index (χ1v) is 23.1. The minimum Gasteiger partial charge on any atom is -0.459 e. The Labute approximate surface area is 390 Å². The van der Waals surface area contributed by atoms with Gasteiger partial charge >= 0.3 is 6.09 Å². The number of hydrogen-bond acceptors (Lipinski definition) is 12. The van der Waals surface area contributed by atoms with E-state index in [0.29, 0.717) is 55.1 Å². The molecule has 7 rings (SSSR count). The minimum atomic E-state index is -1.60. The number of oxime groups is 1. The van der Waals surface area contributed by atoms with Crippen LogP contribution in [0.2, 0.25) is 0 Å². The van der Waals surface area contributed by atoms with Gasteiger partial charge in [0.2, 0.25) is 5.79 Å². The molecule has 1 amide bonds. The van der Waals surface area contributed by atoms with Gasteiger partial charge in [0.1, 0.15) is 42.3 Å². The topological polar surface area (TPSA) is 172 Å². The second-order valence-electron chi connectivity index (χ2n) is 17.0. The Morgan fingerprint density at radius 2 is 1.72 bits per heavy atom. The van der Waals surface area contributed by atoms with Crippen molar-refractivity contribution in [3.63, 3.8) is 0 Å². The minimum absolute atomic E-state index is 0.0118. The summed E-state index contributed by atoms with van der Waals surface area (Å²) in [5, 5.41) is 36.3. The van der Waals surface area contributed by atoms with Gasteiger partial charge in [-0.1, -0.05) is 78.7 Å². The predicted octanol–water partition coefficient (Wildman–Crippen LogP) is 10.0. The number of allylic oxidation sites excluding steroid dienone is 1. The lowest BCUT2D eigenvalue weighted by Gasteiger charge is -2.59. The van der Waals surface area contributed by atoms with Crippen LogP contribution in [0.15, 0.2) is 127 Å². The van der Waals surface area contributed by atoms with Gasteiger partial charge in [-0.25, -0.2) is 9.18 Å². The molecule has 1 heterocycles. The Morgan fingerprint density at radius 1 is 0.955 bits per heavy atom. The van der Waals surface area contributed by atoms with E-state index in [1.165, 1.54) is 24.3 Å². The number of amides is 1. The molecule has 0 bridgehead atoms. The average molecular weight is 922 g/mol. The molecule has 14 nitrogen and oxygen atoms in total. The van der Waals surface area contributed by atoms with E-state index in [4.69, 9.17) is 33.7 Å². The number of rotatable bonds is 24. The molecule has 6 atom stereocenters. The summed E-state index contributed by atoms with van der Waals surface area (Å²) < 4.78 is 47.0. The van der Waals surface area contributed by atoms with Gasteiger partial charge in [-0.2, -0.15) is 0 Å². The molecule has 0 radical (unpaired) electrons. The highest BCUT2D eigenvalue weighted by molar-refractivity contribution is 6.03. The Balaban J connectivity index is 1.38. The Bertz CT molecular complexity index is 2340. The molecule has 0 aromatic heterocycles. The fraction of sp³-hybridized carbons (Fsp3) is 0.423. The second-order valence-corrected chi connectivity index (χ2v) is 17.0. The monoisotopic (exact) mass is 921 g/mol. The fourth-order valence-corrected chi connectivity index (χ4v) is 9.77. The van der Waals surface area contributed by atoms with E-state index in [9.17, 15) is 29.5 Å². The Kier molecular flexibility index (Phi) is 17.1. The third kappa shape index (κ3) is 11.7. The number of nitro groups is 1. The van der Waals surface area contributed by atoms with Gasteiger partial charge in [0.15, 0.2) is 0 Å². The largest absolute Gasteiger partial charge is 0.459 e. The maximum Gasteiger partial charge on any atom is 0.410 e. The molecule has 1 fully saturated rings. The molecule has 67 heavy (non-hydrogen) atoms. The van der Waals surface area contributed by atoms with Crippen LogP contribution in [-0.4, -0.2) is 83.3 Å². The van der Waals surface area contributed by atoms with Crippen LogP contribution < -0.4 is 9.47 Å². The van der Waals surface area contributed by atoms with E-state index < -0.39 is 34.6 Å². The first kappa shape index (κ1) is 48.8. The van der Waals surface area contributed by atoms with Crippen molar-refractivity contribution in [2.75, 3.05) is 39.6 Å². The molecule has 0 unspecified atom stereocenters. The van der Waals surface area contributed by atoms with Gasteiger partial charge in [-0.05, 0) is 97.5 Å². The lowest BCUT2D eigenvalue weighted by Crippen LogP contribution is -2.70. The fourth-order valence-electron chi connectivity index (χ4n) is 9.77. The van der Waals surface area contributed by atoms with E-state index in [0.717, 1.165) is 29.5 Å². The van der Waals surface area contributed by atoms with Crippen molar-refractivity contribution >= 4 is 17.5 Å². The number of aliphatic hydroxyl groups is 2. The van der Waals surface area contributed by atoms with Crippen LogP contribution in [0.5, 0.6) is 17.2 Å². The zero-order valence-electron chi connectivity index (χ0n) is 37.9. The van der Waals surface area contributed by atoms with Crippen molar-refractivity contribution in [3.8, 4) is 17.2 Å². The number of hydrogen-bond donors (Lipinski definition) is 2. The second kappa shape index (κ2) is 23.5. The highest BCUT2D eigenvalue weighted by Crippen LogP contribution is 2.62. The van der Waals surface area contributed by atoms with E-state index in [1.54, 1.807) is 47.4 Å². The number of aliphatic hydroxyl groups excluding tert-OH is 2.